The van der Waals surface area contributed by atoms with Gasteiger partial charge in [-0.25, -0.2) is 4.98 Å². The zero-order valence-corrected chi connectivity index (χ0v) is 19.3. The number of benzene rings is 2. The second-order valence-electron chi connectivity index (χ2n) is 8.75. The largest absolute Gasteiger partial charge is 0.488 e. The van der Waals surface area contributed by atoms with Crippen LogP contribution in [0.3, 0.4) is 0 Å². The van der Waals surface area contributed by atoms with Crippen molar-refractivity contribution in [3.8, 4) is 5.75 Å². The van der Waals surface area contributed by atoms with E-state index in [1.165, 1.54) is 5.56 Å². The number of aromatic nitrogens is 2. The van der Waals surface area contributed by atoms with Gasteiger partial charge < -0.3 is 15.4 Å². The Labute approximate surface area is 192 Å². The number of hydrogen-bond donors (Lipinski definition) is 2. The summed E-state index contributed by atoms with van der Waals surface area (Å²) in [6.45, 7) is 7.83. The molecule has 0 saturated heterocycles. The van der Waals surface area contributed by atoms with Gasteiger partial charge in [0.15, 0.2) is 0 Å². The average Bonchev–Trinajstić information content (AvgIpc) is 2.71. The Balaban J connectivity index is 1.84. The number of hydrogen-bond acceptors (Lipinski definition) is 5. The number of unbranched alkanes of at least 4 members (excludes halogenated alkanes) is 1. The van der Waals surface area contributed by atoms with Gasteiger partial charge in [-0.05, 0) is 63.4 Å². The molecule has 3 rings (SSSR count). The third-order valence-electron chi connectivity index (χ3n) is 4.64. The van der Waals surface area contributed by atoms with Crippen LogP contribution in [0.2, 0.25) is 0 Å². The number of nitrogens with zero attached hydrogens (tertiary/aromatic N) is 2. The molecule has 33 heavy (non-hydrogen) atoms. The van der Waals surface area contributed by atoms with Crippen LogP contribution in [0.5, 0.6) is 5.75 Å². The van der Waals surface area contributed by atoms with E-state index in [2.05, 4.69) is 27.5 Å². The number of aryl methyl sites for hydroxylation is 1. The topological polar surface area (TPSA) is 59.1 Å². The van der Waals surface area contributed by atoms with Gasteiger partial charge in [-0.15, -0.1) is 0 Å². The maximum atomic E-state index is 13.6. The Morgan fingerprint density at radius 3 is 2.30 bits per heavy atom. The molecule has 5 nitrogen and oxygen atoms in total. The summed E-state index contributed by atoms with van der Waals surface area (Å²) < 4.78 is 46.6. The first kappa shape index (κ1) is 24.4. The van der Waals surface area contributed by atoms with Crippen LogP contribution < -0.4 is 15.4 Å². The van der Waals surface area contributed by atoms with Gasteiger partial charge >= 0.3 is 6.18 Å². The number of alkyl halides is 3. The van der Waals surface area contributed by atoms with Gasteiger partial charge in [-0.1, -0.05) is 31.5 Å². The van der Waals surface area contributed by atoms with E-state index in [-0.39, 0.29) is 11.8 Å². The van der Waals surface area contributed by atoms with Crippen LogP contribution in [-0.2, 0) is 12.6 Å². The van der Waals surface area contributed by atoms with E-state index in [1.807, 2.05) is 45.0 Å². The van der Waals surface area contributed by atoms with Gasteiger partial charge in [0, 0.05) is 23.6 Å². The fourth-order valence-electron chi connectivity index (χ4n) is 3.14. The number of rotatable bonds is 8. The summed E-state index contributed by atoms with van der Waals surface area (Å²) in [6.07, 6.45) is -0.629. The highest BCUT2D eigenvalue weighted by Crippen LogP contribution is 2.36. The van der Waals surface area contributed by atoms with Crippen molar-refractivity contribution in [2.75, 3.05) is 10.6 Å². The average molecular weight is 459 g/mol. The third-order valence-corrected chi connectivity index (χ3v) is 4.64. The predicted octanol–water partition coefficient (Wildman–Crippen LogP) is 7.50. The summed E-state index contributed by atoms with van der Waals surface area (Å²) in [5, 5.41) is 5.75. The van der Waals surface area contributed by atoms with Crippen LogP contribution in [0.4, 0.5) is 36.3 Å². The summed E-state index contributed by atoms with van der Waals surface area (Å²) in [7, 11) is 0. The molecule has 0 aliphatic carbocycles. The monoisotopic (exact) mass is 458 g/mol. The van der Waals surface area contributed by atoms with Gasteiger partial charge in [-0.3, -0.25) is 0 Å². The van der Waals surface area contributed by atoms with Crippen molar-refractivity contribution in [1.82, 2.24) is 9.97 Å². The van der Waals surface area contributed by atoms with Crippen LogP contribution in [-0.4, -0.2) is 15.6 Å². The van der Waals surface area contributed by atoms with E-state index in [1.54, 1.807) is 24.3 Å². The lowest BCUT2D eigenvalue weighted by molar-refractivity contribution is -0.137. The standard InChI is InChI=1S/C25H29F3N4O/c1-5-6-8-17-11-13-18(14-12-17)31-23-29-16-21(25(26,27)28)22(32-23)30-19-9-7-10-20(15-19)33-24(2,3)4/h7,9-16H,5-6,8H2,1-4H3,(H2,29,30,31,32). The van der Waals surface area contributed by atoms with Crippen molar-refractivity contribution >= 4 is 23.1 Å². The normalized spacial score (nSPS) is 11.8. The Morgan fingerprint density at radius 2 is 1.67 bits per heavy atom. The molecule has 2 aromatic carbocycles. The molecule has 8 heteroatoms. The molecular formula is C25H29F3N4O. The van der Waals surface area contributed by atoms with Crippen LogP contribution in [0.25, 0.3) is 0 Å². The van der Waals surface area contributed by atoms with Gasteiger partial charge in [0.1, 0.15) is 22.7 Å². The number of ether oxygens (including phenoxy) is 1. The van der Waals surface area contributed by atoms with E-state index >= 15 is 0 Å². The van der Waals surface area contributed by atoms with E-state index in [9.17, 15) is 13.2 Å². The quantitative estimate of drug-likeness (QED) is 0.366. The number of nitrogens with one attached hydrogen (secondary N) is 2. The van der Waals surface area contributed by atoms with Crippen LogP contribution >= 0.6 is 0 Å². The Bertz CT molecular complexity index is 1060. The van der Waals surface area contributed by atoms with Crippen molar-refractivity contribution in [1.29, 1.82) is 0 Å². The Morgan fingerprint density at radius 1 is 0.939 bits per heavy atom. The Hall–Kier alpha value is -3.29. The van der Waals surface area contributed by atoms with Crippen molar-refractivity contribution in [3.63, 3.8) is 0 Å². The summed E-state index contributed by atoms with van der Waals surface area (Å²) in [4.78, 5) is 7.99. The SMILES string of the molecule is CCCCc1ccc(Nc2ncc(C(F)(F)F)c(Nc3cccc(OC(C)(C)C)c3)n2)cc1. The third kappa shape index (κ3) is 7.37. The minimum atomic E-state index is -4.61. The highest BCUT2D eigenvalue weighted by Gasteiger charge is 2.35. The molecule has 1 heterocycles. The molecule has 1 aromatic heterocycles. The fraction of sp³-hybridized carbons (Fsp3) is 0.360. The van der Waals surface area contributed by atoms with Gasteiger partial charge in [-0.2, -0.15) is 18.2 Å². The van der Waals surface area contributed by atoms with E-state index in [4.69, 9.17) is 4.74 Å². The van der Waals surface area contributed by atoms with Crippen molar-refractivity contribution in [2.24, 2.45) is 0 Å². The smallest absolute Gasteiger partial charge is 0.421 e. The molecular weight excluding hydrogens is 429 g/mol. The van der Waals surface area contributed by atoms with Gasteiger partial charge in [0.2, 0.25) is 5.95 Å². The zero-order chi connectivity index (χ0) is 24.1. The summed E-state index contributed by atoms with van der Waals surface area (Å²) in [6, 6.07) is 14.5. The predicted molar refractivity (Wildman–Crippen MR) is 125 cm³/mol. The minimum absolute atomic E-state index is 0.0638. The molecule has 2 N–H and O–H groups in total. The van der Waals surface area contributed by atoms with E-state index in [0.717, 1.165) is 25.5 Å². The minimum Gasteiger partial charge on any atom is -0.488 e. The molecule has 0 fully saturated rings. The van der Waals surface area contributed by atoms with E-state index < -0.39 is 17.3 Å². The molecule has 0 aliphatic heterocycles. The summed E-state index contributed by atoms with van der Waals surface area (Å²) in [5.41, 5.74) is 0.933. The molecule has 0 unspecified atom stereocenters. The second-order valence-corrected chi connectivity index (χ2v) is 8.75. The molecule has 0 aliphatic rings. The summed E-state index contributed by atoms with van der Waals surface area (Å²) in [5.74, 6) is 0.262. The second kappa shape index (κ2) is 10.1. The van der Waals surface area contributed by atoms with Crippen molar-refractivity contribution < 1.29 is 17.9 Å². The molecule has 0 spiro atoms. The fourth-order valence-corrected chi connectivity index (χ4v) is 3.14. The molecule has 0 bridgehead atoms. The molecule has 0 saturated carbocycles. The molecule has 0 amide bonds. The lowest BCUT2D eigenvalue weighted by Gasteiger charge is -2.22. The molecule has 3 aromatic rings. The first-order valence-electron chi connectivity index (χ1n) is 10.9. The number of anilines is 4. The van der Waals surface area contributed by atoms with Crippen molar-refractivity contribution in [3.05, 3.63) is 65.9 Å². The van der Waals surface area contributed by atoms with Crippen LogP contribution in [0, 0.1) is 0 Å². The zero-order valence-electron chi connectivity index (χ0n) is 19.3. The Kier molecular flexibility index (Phi) is 7.46. The lowest BCUT2D eigenvalue weighted by atomic mass is 10.1. The first-order valence-corrected chi connectivity index (χ1v) is 10.9. The maximum Gasteiger partial charge on any atom is 0.421 e. The van der Waals surface area contributed by atoms with Crippen LogP contribution in [0.1, 0.15) is 51.7 Å². The van der Waals surface area contributed by atoms with Gasteiger partial charge in [0.25, 0.3) is 0 Å². The molecule has 176 valence electrons. The number of halogens is 3. The highest BCUT2D eigenvalue weighted by molar-refractivity contribution is 5.64. The molecule has 0 radical (unpaired) electrons. The van der Waals surface area contributed by atoms with Crippen molar-refractivity contribution in [2.45, 2.75) is 58.7 Å². The highest BCUT2D eigenvalue weighted by atomic mass is 19.4. The summed E-state index contributed by atoms with van der Waals surface area (Å²) >= 11 is 0. The molecule has 0 atom stereocenters. The van der Waals surface area contributed by atoms with E-state index in [0.29, 0.717) is 17.1 Å². The van der Waals surface area contributed by atoms with Crippen LogP contribution in [0.15, 0.2) is 54.7 Å². The maximum absolute atomic E-state index is 13.6. The lowest BCUT2D eigenvalue weighted by Crippen LogP contribution is -2.22. The van der Waals surface area contributed by atoms with Gasteiger partial charge in [0.05, 0.1) is 0 Å². The first-order chi connectivity index (χ1) is 15.5.